The molecule has 0 radical (unpaired) electrons. The Bertz CT molecular complexity index is 405. The third kappa shape index (κ3) is 3.13. The standard InChI is InChI=1S/C13H18N2O3/c1-17-11-2-4-12(5-3-11)18-7-6-15-9-10(14)8-13(15)16/h2-5,10H,6-9,14H2,1H3. The molecule has 1 heterocycles. The van der Waals surface area contributed by atoms with Crippen LogP contribution >= 0.6 is 0 Å². The van der Waals surface area contributed by atoms with Crippen LogP contribution in [0.25, 0.3) is 0 Å². The van der Waals surface area contributed by atoms with Gasteiger partial charge in [-0.15, -0.1) is 0 Å². The van der Waals surface area contributed by atoms with E-state index in [1.54, 1.807) is 12.0 Å². The van der Waals surface area contributed by atoms with Crippen LogP contribution in [-0.4, -0.2) is 43.7 Å². The van der Waals surface area contributed by atoms with E-state index in [4.69, 9.17) is 15.2 Å². The fraction of sp³-hybridized carbons (Fsp3) is 0.462. The molecular weight excluding hydrogens is 232 g/mol. The molecule has 2 rings (SSSR count). The summed E-state index contributed by atoms with van der Waals surface area (Å²) in [5.41, 5.74) is 5.71. The van der Waals surface area contributed by atoms with Crippen LogP contribution in [0.15, 0.2) is 24.3 Å². The van der Waals surface area contributed by atoms with Crippen LogP contribution in [0.1, 0.15) is 6.42 Å². The molecule has 1 atom stereocenters. The van der Waals surface area contributed by atoms with Gasteiger partial charge in [-0.25, -0.2) is 0 Å². The maximum absolute atomic E-state index is 11.5. The molecule has 98 valence electrons. The van der Waals surface area contributed by atoms with Gasteiger partial charge < -0.3 is 20.1 Å². The molecule has 1 unspecified atom stereocenters. The second kappa shape index (κ2) is 5.73. The topological polar surface area (TPSA) is 64.8 Å². The normalized spacial score (nSPS) is 19.1. The van der Waals surface area contributed by atoms with Gasteiger partial charge in [0.05, 0.1) is 13.7 Å². The van der Waals surface area contributed by atoms with Gasteiger partial charge >= 0.3 is 0 Å². The molecule has 1 amide bonds. The minimum absolute atomic E-state index is 0.0292. The molecule has 1 fully saturated rings. The number of nitrogens with zero attached hydrogens (tertiary/aromatic N) is 1. The first-order chi connectivity index (χ1) is 8.69. The van der Waals surface area contributed by atoms with Crippen LogP contribution < -0.4 is 15.2 Å². The molecule has 1 aliphatic heterocycles. The second-order valence-corrected chi connectivity index (χ2v) is 4.33. The zero-order chi connectivity index (χ0) is 13.0. The Kier molecular flexibility index (Phi) is 4.04. The first-order valence-electron chi connectivity index (χ1n) is 5.99. The molecule has 5 nitrogen and oxygen atoms in total. The zero-order valence-electron chi connectivity index (χ0n) is 10.5. The quantitative estimate of drug-likeness (QED) is 0.832. The van der Waals surface area contributed by atoms with Crippen molar-refractivity contribution in [3.63, 3.8) is 0 Å². The maximum Gasteiger partial charge on any atom is 0.224 e. The molecular formula is C13H18N2O3. The summed E-state index contributed by atoms with van der Waals surface area (Å²) < 4.78 is 10.6. The van der Waals surface area contributed by atoms with Gasteiger partial charge in [0.2, 0.25) is 5.91 Å². The van der Waals surface area contributed by atoms with E-state index in [-0.39, 0.29) is 11.9 Å². The van der Waals surface area contributed by atoms with Crippen LogP contribution in [0.2, 0.25) is 0 Å². The number of hydrogen-bond acceptors (Lipinski definition) is 4. The van der Waals surface area contributed by atoms with Crippen LogP contribution in [0.3, 0.4) is 0 Å². The lowest BCUT2D eigenvalue weighted by molar-refractivity contribution is -0.128. The molecule has 18 heavy (non-hydrogen) atoms. The third-order valence-corrected chi connectivity index (χ3v) is 2.93. The predicted octanol–water partition coefficient (Wildman–Crippen LogP) is 0.634. The summed E-state index contributed by atoms with van der Waals surface area (Å²) in [7, 11) is 1.62. The van der Waals surface area contributed by atoms with E-state index in [1.165, 1.54) is 0 Å². The lowest BCUT2D eigenvalue weighted by Gasteiger charge is -2.16. The van der Waals surface area contributed by atoms with Gasteiger partial charge in [-0.3, -0.25) is 4.79 Å². The number of carbonyl (C=O) groups excluding carboxylic acids is 1. The van der Waals surface area contributed by atoms with Crippen molar-refractivity contribution in [1.82, 2.24) is 4.90 Å². The third-order valence-electron chi connectivity index (χ3n) is 2.93. The number of carbonyl (C=O) groups is 1. The van der Waals surface area contributed by atoms with E-state index in [0.717, 1.165) is 11.5 Å². The minimum atomic E-state index is -0.0292. The van der Waals surface area contributed by atoms with E-state index in [1.807, 2.05) is 24.3 Å². The summed E-state index contributed by atoms with van der Waals surface area (Å²) in [6.07, 6.45) is 0.447. The van der Waals surface area contributed by atoms with Crippen molar-refractivity contribution >= 4 is 5.91 Å². The highest BCUT2D eigenvalue weighted by Gasteiger charge is 2.26. The van der Waals surface area contributed by atoms with Crippen molar-refractivity contribution in [3.05, 3.63) is 24.3 Å². The second-order valence-electron chi connectivity index (χ2n) is 4.33. The van der Waals surface area contributed by atoms with Crippen LogP contribution in [0.5, 0.6) is 11.5 Å². The summed E-state index contributed by atoms with van der Waals surface area (Å²) >= 11 is 0. The van der Waals surface area contributed by atoms with Crippen molar-refractivity contribution in [2.75, 3.05) is 26.8 Å². The van der Waals surface area contributed by atoms with Gasteiger partial charge in [-0.1, -0.05) is 0 Å². The van der Waals surface area contributed by atoms with Gasteiger partial charge in [-0.05, 0) is 24.3 Å². The first kappa shape index (κ1) is 12.7. The van der Waals surface area contributed by atoms with E-state index < -0.39 is 0 Å². The van der Waals surface area contributed by atoms with E-state index in [0.29, 0.717) is 26.1 Å². The Morgan fingerprint density at radius 2 is 2.00 bits per heavy atom. The molecule has 0 saturated carbocycles. The molecule has 1 aliphatic rings. The highest BCUT2D eigenvalue weighted by molar-refractivity contribution is 5.79. The Labute approximate surface area is 106 Å². The highest BCUT2D eigenvalue weighted by atomic mass is 16.5. The Morgan fingerprint density at radius 1 is 1.33 bits per heavy atom. The van der Waals surface area contributed by atoms with Crippen molar-refractivity contribution < 1.29 is 14.3 Å². The number of rotatable bonds is 5. The summed E-state index contributed by atoms with van der Waals surface area (Å²) in [5.74, 6) is 1.68. The fourth-order valence-corrected chi connectivity index (χ4v) is 1.96. The molecule has 1 saturated heterocycles. The number of amides is 1. The average Bonchev–Trinajstić information content (AvgIpc) is 2.69. The maximum atomic E-state index is 11.5. The van der Waals surface area contributed by atoms with Gasteiger partial charge in [0.1, 0.15) is 18.1 Å². The summed E-state index contributed by atoms with van der Waals surface area (Å²) in [4.78, 5) is 13.2. The summed E-state index contributed by atoms with van der Waals surface area (Å²) in [5, 5.41) is 0. The van der Waals surface area contributed by atoms with Gasteiger partial charge in [0.15, 0.2) is 0 Å². The van der Waals surface area contributed by atoms with Gasteiger partial charge in [0.25, 0.3) is 0 Å². The smallest absolute Gasteiger partial charge is 0.224 e. The van der Waals surface area contributed by atoms with E-state index in [9.17, 15) is 4.79 Å². The van der Waals surface area contributed by atoms with Crippen molar-refractivity contribution in [1.29, 1.82) is 0 Å². The van der Waals surface area contributed by atoms with Gasteiger partial charge in [0, 0.05) is 19.0 Å². The number of nitrogens with two attached hydrogens (primary N) is 1. The highest BCUT2D eigenvalue weighted by Crippen LogP contribution is 2.17. The zero-order valence-corrected chi connectivity index (χ0v) is 10.5. The van der Waals surface area contributed by atoms with E-state index in [2.05, 4.69) is 0 Å². The molecule has 0 aromatic heterocycles. The van der Waals surface area contributed by atoms with Crippen LogP contribution in [0, 0.1) is 0 Å². The monoisotopic (exact) mass is 250 g/mol. The number of benzene rings is 1. The molecule has 1 aromatic carbocycles. The molecule has 2 N–H and O–H groups in total. The van der Waals surface area contributed by atoms with Crippen LogP contribution in [-0.2, 0) is 4.79 Å². The van der Waals surface area contributed by atoms with Crippen LogP contribution in [0.4, 0.5) is 0 Å². The Balaban J connectivity index is 1.76. The number of methoxy groups -OCH3 is 1. The summed E-state index contributed by atoms with van der Waals surface area (Å²) in [6, 6.07) is 7.34. The van der Waals surface area contributed by atoms with Gasteiger partial charge in [-0.2, -0.15) is 0 Å². The lowest BCUT2D eigenvalue weighted by Crippen LogP contribution is -2.31. The molecule has 5 heteroatoms. The lowest BCUT2D eigenvalue weighted by atomic mass is 10.3. The van der Waals surface area contributed by atoms with Crippen molar-refractivity contribution in [2.45, 2.75) is 12.5 Å². The van der Waals surface area contributed by atoms with Crippen molar-refractivity contribution in [3.8, 4) is 11.5 Å². The molecule has 1 aromatic rings. The largest absolute Gasteiger partial charge is 0.497 e. The van der Waals surface area contributed by atoms with Crippen molar-refractivity contribution in [2.24, 2.45) is 5.73 Å². The number of ether oxygens (including phenoxy) is 2. The summed E-state index contributed by atoms with van der Waals surface area (Å²) in [6.45, 7) is 1.69. The SMILES string of the molecule is COc1ccc(OCCN2CC(N)CC2=O)cc1. The molecule has 0 bridgehead atoms. The number of hydrogen-bond donors (Lipinski definition) is 1. The fourth-order valence-electron chi connectivity index (χ4n) is 1.96. The Hall–Kier alpha value is -1.75. The predicted molar refractivity (Wildman–Crippen MR) is 67.7 cm³/mol. The average molecular weight is 250 g/mol. The first-order valence-corrected chi connectivity index (χ1v) is 5.99. The Morgan fingerprint density at radius 3 is 2.56 bits per heavy atom. The number of likely N-dealkylation sites (tertiary alicyclic amines) is 1. The molecule has 0 spiro atoms. The molecule has 0 aliphatic carbocycles. The minimum Gasteiger partial charge on any atom is -0.497 e. The van der Waals surface area contributed by atoms with E-state index >= 15 is 0 Å².